The van der Waals surface area contributed by atoms with Crippen LogP contribution in [0.2, 0.25) is 0 Å². The second-order valence-corrected chi connectivity index (χ2v) is 6.79. The predicted molar refractivity (Wildman–Crippen MR) is 114 cm³/mol. The molecule has 4 nitrogen and oxygen atoms in total. The number of hydrogen-bond acceptors (Lipinski definition) is 5. The summed E-state index contributed by atoms with van der Waals surface area (Å²) in [6.07, 6.45) is 1.93. The Morgan fingerprint density at radius 2 is 1.67 bits per heavy atom. The number of carbonyl (C=O) groups excluding carboxylic acids is 1. The van der Waals surface area contributed by atoms with Crippen molar-refractivity contribution in [1.29, 1.82) is 0 Å². The molecule has 0 fully saturated rings. The second-order valence-electron chi connectivity index (χ2n) is 5.94. The van der Waals surface area contributed by atoms with Crippen molar-refractivity contribution in [3.63, 3.8) is 0 Å². The summed E-state index contributed by atoms with van der Waals surface area (Å²) in [5, 5.41) is 11.5. The van der Waals surface area contributed by atoms with Crippen molar-refractivity contribution in [2.24, 2.45) is 0 Å². The van der Waals surface area contributed by atoms with E-state index in [-0.39, 0.29) is 19.0 Å². The number of esters is 1. The van der Waals surface area contributed by atoms with E-state index in [4.69, 9.17) is 4.74 Å². The summed E-state index contributed by atoms with van der Waals surface area (Å²) in [7, 11) is 0. The number of halogens is 1. The zero-order valence-electron chi connectivity index (χ0n) is 16.1. The van der Waals surface area contributed by atoms with Crippen LogP contribution in [0.4, 0.5) is 0 Å². The predicted octanol–water partition coefficient (Wildman–Crippen LogP) is 3.95. The van der Waals surface area contributed by atoms with Crippen LogP contribution in [0.5, 0.6) is 0 Å². The Bertz CT molecular complexity index is 710. The Hall–Kier alpha value is -1.53. The van der Waals surface area contributed by atoms with Crippen molar-refractivity contribution in [3.8, 4) is 0 Å². The molecule has 1 atom stereocenters. The number of nitrogens with zero attached hydrogens (tertiary/aromatic N) is 1. The van der Waals surface area contributed by atoms with Crippen LogP contribution in [-0.2, 0) is 15.1 Å². The van der Waals surface area contributed by atoms with E-state index in [1.54, 1.807) is 18.2 Å². The molecule has 148 valence electrons. The molecule has 0 spiro atoms. The fraction of sp³-hybridized carbons (Fsp3) is 0.381. The van der Waals surface area contributed by atoms with Gasteiger partial charge < -0.3 is 14.7 Å². The van der Waals surface area contributed by atoms with E-state index in [1.165, 1.54) is 11.8 Å². The Morgan fingerprint density at radius 3 is 2.26 bits per heavy atom. The number of benzene rings is 2. The minimum atomic E-state index is -1.83. The number of thioether (sulfide) groups is 1. The SMILES string of the molecule is CCN(CC)CCOC(=O)C(O)(c1ccccc1)c1ccccc1SC.Cl. The summed E-state index contributed by atoms with van der Waals surface area (Å²) in [4.78, 5) is 16.0. The van der Waals surface area contributed by atoms with Crippen LogP contribution in [0.15, 0.2) is 59.5 Å². The molecule has 2 aromatic rings. The Morgan fingerprint density at radius 1 is 1.07 bits per heavy atom. The fourth-order valence-corrected chi connectivity index (χ4v) is 3.57. The number of hydrogen-bond donors (Lipinski definition) is 1. The monoisotopic (exact) mass is 409 g/mol. The molecule has 0 heterocycles. The highest BCUT2D eigenvalue weighted by Gasteiger charge is 2.43. The molecular weight excluding hydrogens is 382 g/mol. The zero-order valence-corrected chi connectivity index (χ0v) is 17.7. The first-order chi connectivity index (χ1) is 12.6. The molecule has 0 saturated heterocycles. The van der Waals surface area contributed by atoms with Crippen molar-refractivity contribution in [1.82, 2.24) is 4.90 Å². The van der Waals surface area contributed by atoms with Gasteiger partial charge in [0.1, 0.15) is 6.61 Å². The molecule has 1 N–H and O–H groups in total. The van der Waals surface area contributed by atoms with Crippen molar-refractivity contribution in [2.45, 2.75) is 24.3 Å². The molecule has 0 aliphatic rings. The highest BCUT2D eigenvalue weighted by molar-refractivity contribution is 7.98. The standard InChI is InChI=1S/C21H27NO3S.ClH/c1-4-22(5-2)15-16-25-20(23)21(24,17-11-7-6-8-12-17)18-13-9-10-14-19(18)26-3;/h6-14,24H,4-5,15-16H2,1-3H3;1H. The zero-order chi connectivity index (χ0) is 19.0. The van der Waals surface area contributed by atoms with Gasteiger partial charge in [-0.05, 0) is 31.0 Å². The summed E-state index contributed by atoms with van der Waals surface area (Å²) in [6.45, 7) is 6.82. The summed E-state index contributed by atoms with van der Waals surface area (Å²) in [5.74, 6) is -0.641. The van der Waals surface area contributed by atoms with Gasteiger partial charge in [-0.2, -0.15) is 0 Å². The maximum absolute atomic E-state index is 13.0. The molecule has 2 rings (SSSR count). The molecule has 27 heavy (non-hydrogen) atoms. The average Bonchev–Trinajstić information content (AvgIpc) is 2.71. The lowest BCUT2D eigenvalue weighted by Crippen LogP contribution is -2.40. The highest BCUT2D eigenvalue weighted by atomic mass is 35.5. The first-order valence-electron chi connectivity index (χ1n) is 8.88. The molecule has 0 bridgehead atoms. The number of rotatable bonds is 9. The van der Waals surface area contributed by atoms with Crippen LogP contribution < -0.4 is 0 Å². The highest BCUT2D eigenvalue weighted by Crippen LogP contribution is 2.36. The van der Waals surface area contributed by atoms with Gasteiger partial charge in [-0.15, -0.1) is 24.2 Å². The lowest BCUT2D eigenvalue weighted by atomic mass is 9.86. The Labute approximate surface area is 172 Å². The minimum Gasteiger partial charge on any atom is -0.462 e. The lowest BCUT2D eigenvalue weighted by molar-refractivity contribution is -0.162. The smallest absolute Gasteiger partial charge is 0.347 e. The van der Waals surface area contributed by atoms with Crippen LogP contribution in [-0.4, -0.2) is 48.5 Å². The van der Waals surface area contributed by atoms with Crippen molar-refractivity contribution in [2.75, 3.05) is 32.5 Å². The van der Waals surface area contributed by atoms with E-state index >= 15 is 0 Å². The Balaban J connectivity index is 0.00000364. The van der Waals surface area contributed by atoms with Crippen LogP contribution in [0.3, 0.4) is 0 Å². The van der Waals surface area contributed by atoms with Crippen LogP contribution in [0.25, 0.3) is 0 Å². The van der Waals surface area contributed by atoms with Crippen LogP contribution >= 0.6 is 24.2 Å². The number of aliphatic hydroxyl groups is 1. The van der Waals surface area contributed by atoms with Gasteiger partial charge in [-0.25, -0.2) is 4.79 Å². The van der Waals surface area contributed by atoms with Gasteiger partial charge in [0.2, 0.25) is 5.60 Å². The molecular formula is C21H28ClNO3S. The summed E-state index contributed by atoms with van der Waals surface area (Å²) >= 11 is 1.49. The van der Waals surface area contributed by atoms with Gasteiger partial charge in [-0.1, -0.05) is 62.4 Å². The first kappa shape index (κ1) is 23.5. The van der Waals surface area contributed by atoms with Crippen molar-refractivity contribution >= 4 is 30.1 Å². The van der Waals surface area contributed by atoms with E-state index in [9.17, 15) is 9.90 Å². The van der Waals surface area contributed by atoms with E-state index < -0.39 is 11.6 Å². The molecule has 6 heteroatoms. The first-order valence-corrected chi connectivity index (χ1v) is 10.1. The number of likely N-dealkylation sites (N-methyl/N-ethyl adjacent to an activating group) is 1. The quantitative estimate of drug-likeness (QED) is 0.502. The van der Waals surface area contributed by atoms with Crippen LogP contribution in [0, 0.1) is 0 Å². The topological polar surface area (TPSA) is 49.8 Å². The van der Waals surface area contributed by atoms with Crippen LogP contribution in [0.1, 0.15) is 25.0 Å². The summed E-state index contributed by atoms with van der Waals surface area (Å²) < 4.78 is 5.51. The average molecular weight is 410 g/mol. The van der Waals surface area contributed by atoms with Gasteiger partial charge in [0.15, 0.2) is 0 Å². The van der Waals surface area contributed by atoms with Gasteiger partial charge >= 0.3 is 5.97 Å². The van der Waals surface area contributed by atoms with Crippen molar-refractivity contribution in [3.05, 3.63) is 65.7 Å². The maximum atomic E-state index is 13.0. The van der Waals surface area contributed by atoms with Gasteiger partial charge in [0.25, 0.3) is 0 Å². The second kappa shape index (κ2) is 11.3. The minimum absolute atomic E-state index is 0. The molecule has 0 aliphatic carbocycles. The third kappa shape index (κ3) is 5.48. The van der Waals surface area contributed by atoms with E-state index in [0.29, 0.717) is 17.7 Å². The van der Waals surface area contributed by atoms with E-state index in [1.807, 2.05) is 42.7 Å². The van der Waals surface area contributed by atoms with E-state index in [2.05, 4.69) is 18.7 Å². The maximum Gasteiger partial charge on any atom is 0.347 e. The molecule has 0 aliphatic heterocycles. The molecule has 0 radical (unpaired) electrons. The lowest BCUT2D eigenvalue weighted by Gasteiger charge is -2.29. The van der Waals surface area contributed by atoms with E-state index in [0.717, 1.165) is 18.0 Å². The number of ether oxygens (including phenoxy) is 1. The summed E-state index contributed by atoms with van der Waals surface area (Å²) in [6, 6.07) is 16.4. The molecule has 0 amide bonds. The largest absolute Gasteiger partial charge is 0.462 e. The molecule has 1 unspecified atom stereocenters. The van der Waals surface area contributed by atoms with Gasteiger partial charge in [-0.3, -0.25) is 0 Å². The molecule has 2 aromatic carbocycles. The normalized spacial score (nSPS) is 12.9. The fourth-order valence-electron chi connectivity index (χ4n) is 2.92. The number of carbonyl (C=O) groups is 1. The third-order valence-electron chi connectivity index (χ3n) is 4.52. The van der Waals surface area contributed by atoms with Gasteiger partial charge in [0.05, 0.1) is 0 Å². The Kier molecular flexibility index (Phi) is 9.88. The summed E-state index contributed by atoms with van der Waals surface area (Å²) in [5.41, 5.74) is -0.773. The molecule has 0 aromatic heterocycles. The van der Waals surface area contributed by atoms with Gasteiger partial charge in [0, 0.05) is 17.0 Å². The third-order valence-corrected chi connectivity index (χ3v) is 5.31. The van der Waals surface area contributed by atoms with Crippen molar-refractivity contribution < 1.29 is 14.6 Å². The molecule has 0 saturated carbocycles.